The van der Waals surface area contributed by atoms with Gasteiger partial charge in [0.15, 0.2) is 0 Å². The van der Waals surface area contributed by atoms with Gasteiger partial charge in [-0.15, -0.1) is 29.3 Å². The summed E-state index contributed by atoms with van der Waals surface area (Å²) in [6.45, 7) is 14.7. The Hall–Kier alpha value is -7.13. The van der Waals surface area contributed by atoms with Crippen molar-refractivity contribution < 1.29 is 30.3 Å². The number of fused-ring (bicyclic) bond motifs is 1. The van der Waals surface area contributed by atoms with Crippen LogP contribution in [0.15, 0.2) is 182 Å². The third-order valence-corrected chi connectivity index (χ3v) is 13.3. The number of imidazole rings is 1. The predicted octanol–water partition coefficient (Wildman–Crippen LogP) is 17.1. The van der Waals surface area contributed by atoms with Crippen molar-refractivity contribution in [1.29, 1.82) is 0 Å². The Balaban J connectivity index is 0.00000656. The van der Waals surface area contributed by atoms with E-state index >= 15 is 0 Å². The predicted molar refractivity (Wildman–Crippen MR) is 289 cm³/mol. The molecule has 0 amide bonds. The fourth-order valence-electron chi connectivity index (χ4n) is 9.41. The molecule has 0 spiro atoms. The number of rotatable bonds is 8. The van der Waals surface area contributed by atoms with E-state index < -0.39 is 6.85 Å². The van der Waals surface area contributed by atoms with Crippen LogP contribution in [0.2, 0.25) is 0 Å². The molecule has 0 fully saturated rings. The van der Waals surface area contributed by atoms with Gasteiger partial charge in [0, 0.05) is 42.6 Å². The van der Waals surface area contributed by atoms with Gasteiger partial charge < -0.3 is 5.11 Å². The summed E-state index contributed by atoms with van der Waals surface area (Å²) in [6, 6.07) is 63.6. The monoisotopic (exact) mass is 1090 g/mol. The van der Waals surface area contributed by atoms with Gasteiger partial charge in [0.1, 0.15) is 11.6 Å². The molecule has 0 unspecified atom stereocenters. The molecule has 0 aliphatic heterocycles. The molecular weight excluding hydrogens is 1030 g/mol. The molecule has 1 N–H and O–H groups in total. The second kappa shape index (κ2) is 19.0. The largest absolute Gasteiger partial charge is 0.507 e. The number of phenolic OH excluding ortho intramolecular Hbond substituents is 1. The van der Waals surface area contributed by atoms with Crippen molar-refractivity contribution in [1.82, 2.24) is 14.5 Å². The van der Waals surface area contributed by atoms with Crippen LogP contribution < -0.4 is 0 Å². The minimum absolute atomic E-state index is 0. The molecule has 70 heavy (non-hydrogen) atoms. The number of para-hydroxylation sites is 1. The van der Waals surface area contributed by atoms with Crippen LogP contribution in [0, 0.1) is 26.8 Å². The van der Waals surface area contributed by atoms with Crippen LogP contribution in [-0.2, 0) is 31.9 Å². The van der Waals surface area contributed by atoms with Crippen molar-refractivity contribution in [3.8, 4) is 89.7 Å². The molecule has 0 bridgehead atoms. The van der Waals surface area contributed by atoms with Crippen LogP contribution >= 0.6 is 0 Å². The summed E-state index contributed by atoms with van der Waals surface area (Å²) in [5, 5.41) is 12.1. The van der Waals surface area contributed by atoms with E-state index in [0.717, 1.165) is 89.2 Å². The average Bonchev–Trinajstić information content (AvgIpc) is 3.76. The second-order valence-corrected chi connectivity index (χ2v) is 20.3. The molecule has 5 heteroatoms. The number of hydrogen-bond donors (Lipinski definition) is 1. The van der Waals surface area contributed by atoms with Crippen LogP contribution in [0.1, 0.15) is 73.5 Å². The van der Waals surface area contributed by atoms with Gasteiger partial charge in [-0.3, -0.25) is 9.55 Å². The van der Waals surface area contributed by atoms with Gasteiger partial charge in [-0.05, 0) is 123 Å². The van der Waals surface area contributed by atoms with Gasteiger partial charge in [0.05, 0.1) is 22.3 Å². The standard InChI is InChI=1S/C65H58N3O.Pt/c1-41-33-43(3)62(69)57(34-41)63-67-61-54(50-36-51(38-53(37-50)65(7,8)9)58-39-49(31-32-66-58)46-25-23-45(24-26-46)44-17-12-10-13-18-44)21-16-22-59(61)68(63)60-40-55(47-19-14-11-15-20-47)42(2)35-56(60)48-27-29-52(30-28-48)64(4,5)6;/h10-35,37-40,69H,1-9H3;/q-1;/i2D3;. The summed E-state index contributed by atoms with van der Waals surface area (Å²) in [7, 11) is 0. The third-order valence-electron chi connectivity index (χ3n) is 13.3. The van der Waals surface area contributed by atoms with Crippen molar-refractivity contribution in [3.05, 3.63) is 216 Å². The number of benzene rings is 8. The van der Waals surface area contributed by atoms with Crippen molar-refractivity contribution >= 4 is 11.0 Å². The molecule has 0 saturated carbocycles. The zero-order chi connectivity index (χ0) is 50.7. The molecule has 350 valence electrons. The van der Waals surface area contributed by atoms with E-state index in [4.69, 9.17) is 14.1 Å². The van der Waals surface area contributed by atoms with E-state index in [1.807, 2.05) is 92.8 Å². The maximum absolute atomic E-state index is 12.1. The van der Waals surface area contributed by atoms with E-state index in [2.05, 4.69) is 155 Å². The number of nitrogens with zero attached hydrogens (tertiary/aromatic N) is 3. The van der Waals surface area contributed by atoms with E-state index in [1.165, 1.54) is 5.56 Å². The third kappa shape index (κ3) is 9.34. The number of phenols is 1. The Morgan fingerprint density at radius 1 is 0.514 bits per heavy atom. The van der Waals surface area contributed by atoms with E-state index in [0.29, 0.717) is 22.5 Å². The Kier molecular flexibility index (Phi) is 12.0. The van der Waals surface area contributed by atoms with Crippen molar-refractivity contribution in [2.75, 3.05) is 0 Å². The van der Waals surface area contributed by atoms with E-state index in [1.54, 1.807) is 0 Å². The van der Waals surface area contributed by atoms with Gasteiger partial charge in [-0.25, -0.2) is 4.98 Å². The summed E-state index contributed by atoms with van der Waals surface area (Å²) in [4.78, 5) is 10.5. The fraction of sp³-hybridized carbons (Fsp3) is 0.169. The minimum atomic E-state index is -2.43. The molecule has 10 rings (SSSR count). The van der Waals surface area contributed by atoms with Crippen LogP contribution in [0.4, 0.5) is 0 Å². The van der Waals surface area contributed by atoms with Crippen LogP contribution in [0.25, 0.3) is 95.0 Å². The zero-order valence-corrected chi connectivity index (χ0v) is 43.2. The maximum Gasteiger partial charge on any atom is 0.148 e. The first kappa shape index (κ1) is 44.1. The molecule has 0 aliphatic rings. The summed E-state index contributed by atoms with van der Waals surface area (Å²) < 4.78 is 28.8. The summed E-state index contributed by atoms with van der Waals surface area (Å²) in [5.41, 5.74) is 17.5. The van der Waals surface area contributed by atoms with Crippen LogP contribution in [0.5, 0.6) is 5.75 Å². The number of aromatic hydroxyl groups is 1. The first-order chi connectivity index (χ1) is 34.3. The van der Waals surface area contributed by atoms with Crippen molar-refractivity contribution in [3.63, 3.8) is 0 Å². The zero-order valence-electron chi connectivity index (χ0n) is 43.9. The van der Waals surface area contributed by atoms with Gasteiger partial charge >= 0.3 is 0 Å². The van der Waals surface area contributed by atoms with Gasteiger partial charge in [-0.2, -0.15) is 0 Å². The summed E-state index contributed by atoms with van der Waals surface area (Å²) in [5.74, 6) is 0.649. The first-order valence-corrected chi connectivity index (χ1v) is 23.7. The topological polar surface area (TPSA) is 50.9 Å². The Morgan fingerprint density at radius 3 is 1.77 bits per heavy atom. The average molecular weight is 1100 g/mol. The molecule has 2 aromatic heterocycles. The van der Waals surface area contributed by atoms with Crippen molar-refractivity contribution in [2.45, 2.75) is 73.1 Å². The normalized spacial score (nSPS) is 12.5. The summed E-state index contributed by atoms with van der Waals surface area (Å²) in [6.07, 6.45) is 1.87. The van der Waals surface area contributed by atoms with Gasteiger partial charge in [0.25, 0.3) is 0 Å². The quantitative estimate of drug-likeness (QED) is 0.154. The number of aromatic nitrogens is 3. The molecular formula is C65H58N3OPt-. The molecule has 0 aliphatic carbocycles. The molecule has 2 heterocycles. The van der Waals surface area contributed by atoms with Crippen LogP contribution in [0.3, 0.4) is 0 Å². The number of aryl methyl sites for hydroxylation is 3. The Labute approximate surface area is 432 Å². The maximum atomic E-state index is 12.1. The molecule has 8 aromatic carbocycles. The van der Waals surface area contributed by atoms with E-state index in [-0.39, 0.29) is 43.2 Å². The first-order valence-electron chi connectivity index (χ1n) is 25.2. The van der Waals surface area contributed by atoms with Gasteiger partial charge in [0.2, 0.25) is 0 Å². The number of hydrogen-bond acceptors (Lipinski definition) is 3. The molecule has 4 nitrogen and oxygen atoms in total. The Bertz CT molecular complexity index is 3640. The van der Waals surface area contributed by atoms with E-state index in [9.17, 15) is 5.11 Å². The SMILES string of the molecule is [2H]C([2H])([2H])c1cc(-c2ccc(C(C)(C)C)cc2)c(-n2c(-c3cc(C)cc(C)c3O)nc3c(-c4[c-]c(-c5cc(-c6ccc(-c7ccccc7)cc6)ccn5)cc(C(C)(C)C)c4)cccc32)cc1-c1ccccc1.[Pt]. The summed E-state index contributed by atoms with van der Waals surface area (Å²) >= 11 is 0. The number of pyridine rings is 1. The molecule has 10 aromatic rings. The molecule has 0 radical (unpaired) electrons. The second-order valence-electron chi connectivity index (χ2n) is 20.3. The molecule has 0 atom stereocenters. The fourth-order valence-corrected chi connectivity index (χ4v) is 9.41. The van der Waals surface area contributed by atoms with Gasteiger partial charge in [-0.1, -0.05) is 186 Å². The molecule has 0 saturated heterocycles. The Morgan fingerprint density at radius 2 is 1.11 bits per heavy atom. The minimum Gasteiger partial charge on any atom is -0.507 e. The van der Waals surface area contributed by atoms with Crippen molar-refractivity contribution in [2.24, 2.45) is 0 Å². The smallest absolute Gasteiger partial charge is 0.148 e. The van der Waals surface area contributed by atoms with Crippen LogP contribution in [-0.4, -0.2) is 19.6 Å².